The lowest BCUT2D eigenvalue weighted by atomic mass is 9.97. The van der Waals surface area contributed by atoms with E-state index in [0.29, 0.717) is 6.54 Å². The smallest absolute Gasteiger partial charge is 0.260 e. The molecule has 184 valence electrons. The van der Waals surface area contributed by atoms with Crippen molar-refractivity contribution >= 4 is 36.2 Å². The number of aromatic nitrogens is 2. The number of nitrogens with zero attached hydrogens (tertiary/aromatic N) is 4. The number of ether oxygens (including phenoxy) is 2. The molecule has 1 amide bonds. The van der Waals surface area contributed by atoms with Crippen LogP contribution in [0.1, 0.15) is 23.0 Å². The Hall–Kier alpha value is -4.12. The average molecular weight is 485 g/mol. The van der Waals surface area contributed by atoms with E-state index in [4.69, 9.17) is 9.47 Å². The molecule has 0 aliphatic heterocycles. The van der Waals surface area contributed by atoms with Crippen molar-refractivity contribution in [1.82, 2.24) is 14.9 Å². The standard InChI is InChI=1S/C24H26F2N6O3/c1-7-28-22-14(18-19(25)16(34-5)10-17(35-6)20(18)26)8-9-15(21(22)27-2)23(33)31-24-29-11-13(30-24)12-32(3)4/h7-11H,2,12H2,1,3-6H3,(H2,29,30,31,33)/b28-7-. The lowest BCUT2D eigenvalue weighted by Gasteiger charge is -2.16. The third-order valence-electron chi connectivity index (χ3n) is 5.00. The van der Waals surface area contributed by atoms with E-state index in [1.165, 1.54) is 32.6 Å². The van der Waals surface area contributed by atoms with Crippen molar-refractivity contribution < 1.29 is 23.0 Å². The van der Waals surface area contributed by atoms with Crippen LogP contribution in [0, 0.1) is 11.6 Å². The van der Waals surface area contributed by atoms with E-state index in [0.717, 1.165) is 11.8 Å². The molecule has 0 spiro atoms. The van der Waals surface area contributed by atoms with Gasteiger partial charge in [0.25, 0.3) is 5.91 Å². The number of carbonyl (C=O) groups excluding carboxylic acids is 1. The summed E-state index contributed by atoms with van der Waals surface area (Å²) in [4.78, 5) is 30.4. The molecule has 2 aromatic carbocycles. The SMILES string of the molecule is C=Nc1c(C(=O)Nc2nc(CN(C)C)c[nH]2)ccc(-c2c(F)c(OC)cc(OC)c2F)c1/N=C\C. The van der Waals surface area contributed by atoms with Crippen LogP contribution in [0.25, 0.3) is 11.1 Å². The Morgan fingerprint density at radius 2 is 1.86 bits per heavy atom. The first-order valence-electron chi connectivity index (χ1n) is 10.5. The molecular formula is C24H26F2N6O3. The van der Waals surface area contributed by atoms with Crippen molar-refractivity contribution in [2.45, 2.75) is 13.5 Å². The van der Waals surface area contributed by atoms with Gasteiger partial charge in [-0.3, -0.25) is 20.1 Å². The zero-order valence-electron chi connectivity index (χ0n) is 20.1. The molecule has 0 bridgehead atoms. The molecule has 0 saturated carbocycles. The highest BCUT2D eigenvalue weighted by Gasteiger charge is 2.26. The van der Waals surface area contributed by atoms with Crippen LogP contribution in [-0.4, -0.2) is 62.0 Å². The van der Waals surface area contributed by atoms with Gasteiger partial charge in [0, 0.05) is 30.6 Å². The van der Waals surface area contributed by atoms with E-state index in [2.05, 4.69) is 32.0 Å². The van der Waals surface area contributed by atoms with Crippen molar-refractivity contribution in [2.24, 2.45) is 9.98 Å². The fourth-order valence-corrected chi connectivity index (χ4v) is 3.51. The van der Waals surface area contributed by atoms with Gasteiger partial charge >= 0.3 is 0 Å². The molecule has 9 nitrogen and oxygen atoms in total. The topological polar surface area (TPSA) is 104 Å². The maximum atomic E-state index is 15.2. The zero-order chi connectivity index (χ0) is 25.7. The lowest BCUT2D eigenvalue weighted by Crippen LogP contribution is -2.14. The van der Waals surface area contributed by atoms with E-state index in [1.807, 2.05) is 19.0 Å². The summed E-state index contributed by atoms with van der Waals surface area (Å²) >= 11 is 0. The number of rotatable bonds is 9. The summed E-state index contributed by atoms with van der Waals surface area (Å²) in [5.41, 5.74) is 0.524. The number of benzene rings is 2. The highest BCUT2D eigenvalue weighted by molar-refractivity contribution is 6.10. The number of methoxy groups -OCH3 is 2. The first-order chi connectivity index (χ1) is 16.7. The highest BCUT2D eigenvalue weighted by atomic mass is 19.1. The number of nitrogens with one attached hydrogen (secondary N) is 2. The Morgan fingerprint density at radius 3 is 2.40 bits per heavy atom. The number of carbonyl (C=O) groups is 1. The number of aromatic amines is 1. The number of halogens is 2. The van der Waals surface area contributed by atoms with Crippen LogP contribution in [0.3, 0.4) is 0 Å². The van der Waals surface area contributed by atoms with Crippen molar-refractivity contribution in [2.75, 3.05) is 33.6 Å². The fourth-order valence-electron chi connectivity index (χ4n) is 3.51. The number of amides is 1. The fraction of sp³-hybridized carbons (Fsp3) is 0.250. The van der Waals surface area contributed by atoms with Gasteiger partial charge in [0.15, 0.2) is 23.1 Å². The Morgan fingerprint density at radius 1 is 1.20 bits per heavy atom. The number of H-pyrrole nitrogens is 1. The minimum atomic E-state index is -0.949. The number of hydrogen-bond acceptors (Lipinski definition) is 7. The molecule has 0 unspecified atom stereocenters. The van der Waals surface area contributed by atoms with Crippen LogP contribution in [0.5, 0.6) is 11.5 Å². The van der Waals surface area contributed by atoms with Gasteiger partial charge in [0.2, 0.25) is 5.95 Å². The molecule has 0 radical (unpaired) electrons. The quantitative estimate of drug-likeness (QED) is 0.427. The van der Waals surface area contributed by atoms with Gasteiger partial charge in [0.1, 0.15) is 5.69 Å². The molecule has 0 atom stereocenters. The van der Waals surface area contributed by atoms with E-state index in [9.17, 15) is 4.79 Å². The second-order valence-corrected chi connectivity index (χ2v) is 7.62. The summed E-state index contributed by atoms with van der Waals surface area (Å²) in [6.07, 6.45) is 3.10. The van der Waals surface area contributed by atoms with Crippen LogP contribution in [0.4, 0.5) is 26.1 Å². The minimum absolute atomic E-state index is 0.0405. The summed E-state index contributed by atoms with van der Waals surface area (Å²) in [5.74, 6) is -2.65. The second kappa shape index (κ2) is 10.9. The van der Waals surface area contributed by atoms with Gasteiger partial charge in [-0.15, -0.1) is 0 Å². The third-order valence-corrected chi connectivity index (χ3v) is 5.00. The molecule has 0 aliphatic carbocycles. The lowest BCUT2D eigenvalue weighted by molar-refractivity contribution is 0.102. The van der Waals surface area contributed by atoms with Crippen LogP contribution >= 0.6 is 0 Å². The highest BCUT2D eigenvalue weighted by Crippen LogP contribution is 2.46. The summed E-state index contributed by atoms with van der Waals surface area (Å²) in [6.45, 7) is 5.74. The van der Waals surface area contributed by atoms with Gasteiger partial charge in [-0.05, 0) is 33.8 Å². The number of aliphatic imine (C=N–C) groups is 2. The van der Waals surface area contributed by atoms with Gasteiger partial charge in [-0.25, -0.2) is 13.8 Å². The maximum absolute atomic E-state index is 15.2. The molecular weight excluding hydrogens is 458 g/mol. The summed E-state index contributed by atoms with van der Waals surface area (Å²) in [7, 11) is 6.31. The Kier molecular flexibility index (Phi) is 7.92. The molecule has 35 heavy (non-hydrogen) atoms. The van der Waals surface area contributed by atoms with Gasteiger partial charge in [0.05, 0.1) is 36.7 Å². The van der Waals surface area contributed by atoms with Gasteiger partial charge in [-0.2, -0.15) is 0 Å². The van der Waals surface area contributed by atoms with E-state index < -0.39 is 23.1 Å². The molecule has 0 aliphatic rings. The van der Waals surface area contributed by atoms with Crippen molar-refractivity contribution in [3.05, 3.63) is 47.3 Å². The molecule has 1 aromatic heterocycles. The largest absolute Gasteiger partial charge is 0.494 e. The van der Waals surface area contributed by atoms with Crippen LogP contribution < -0.4 is 14.8 Å². The Bertz CT molecular complexity index is 1260. The predicted octanol–water partition coefficient (Wildman–Crippen LogP) is 4.74. The first-order valence-corrected chi connectivity index (χ1v) is 10.5. The summed E-state index contributed by atoms with van der Waals surface area (Å²) in [5, 5.41) is 2.66. The first kappa shape index (κ1) is 25.5. The van der Waals surface area contributed by atoms with Gasteiger partial charge < -0.3 is 19.4 Å². The molecule has 1 heterocycles. The van der Waals surface area contributed by atoms with Crippen molar-refractivity contribution in [1.29, 1.82) is 0 Å². The number of hydrogen-bond donors (Lipinski definition) is 2. The molecule has 0 saturated heterocycles. The summed E-state index contributed by atoms with van der Waals surface area (Å²) < 4.78 is 40.5. The van der Waals surface area contributed by atoms with Crippen molar-refractivity contribution in [3.63, 3.8) is 0 Å². The predicted molar refractivity (Wildman–Crippen MR) is 132 cm³/mol. The van der Waals surface area contributed by atoms with E-state index in [1.54, 1.807) is 13.1 Å². The molecule has 3 rings (SSSR count). The summed E-state index contributed by atoms with van der Waals surface area (Å²) in [6, 6.07) is 3.88. The molecule has 0 fully saturated rings. The van der Waals surface area contributed by atoms with Gasteiger partial charge in [-0.1, -0.05) is 6.07 Å². The van der Waals surface area contributed by atoms with E-state index >= 15 is 8.78 Å². The van der Waals surface area contributed by atoms with Crippen molar-refractivity contribution in [3.8, 4) is 22.6 Å². The normalized spacial score (nSPS) is 11.2. The van der Waals surface area contributed by atoms with Crippen LogP contribution in [0.15, 0.2) is 34.4 Å². The monoisotopic (exact) mass is 484 g/mol. The molecule has 2 N–H and O–H groups in total. The number of imidazole rings is 1. The van der Waals surface area contributed by atoms with Crippen LogP contribution in [-0.2, 0) is 6.54 Å². The average Bonchev–Trinajstić information content (AvgIpc) is 3.25. The molecule has 3 aromatic rings. The Labute approximate surface area is 201 Å². The zero-order valence-corrected chi connectivity index (χ0v) is 20.1. The molecule has 11 heteroatoms. The Balaban J connectivity index is 2.13. The second-order valence-electron chi connectivity index (χ2n) is 7.62. The third kappa shape index (κ3) is 5.19. The van der Waals surface area contributed by atoms with Crippen LogP contribution in [0.2, 0.25) is 0 Å². The minimum Gasteiger partial charge on any atom is -0.494 e. The number of anilines is 1. The van der Waals surface area contributed by atoms with E-state index in [-0.39, 0.29) is 39.9 Å². The maximum Gasteiger partial charge on any atom is 0.260 e.